The van der Waals surface area contributed by atoms with Crippen molar-refractivity contribution in [3.05, 3.63) is 113 Å². The predicted octanol–water partition coefficient (Wildman–Crippen LogP) is 7.11. The van der Waals surface area contributed by atoms with Gasteiger partial charge in [-0.3, -0.25) is 14.4 Å². The number of carbonyl (C=O) groups is 3. The van der Waals surface area contributed by atoms with Crippen LogP contribution in [0.3, 0.4) is 0 Å². The average molecular weight is 576 g/mol. The van der Waals surface area contributed by atoms with Gasteiger partial charge in [-0.1, -0.05) is 66.7 Å². The third-order valence-corrected chi connectivity index (χ3v) is 6.65. The Labute approximate surface area is 240 Å². The van der Waals surface area contributed by atoms with E-state index in [1.54, 1.807) is 36.4 Å². The maximum Gasteiger partial charge on any atom is 0.573 e. The van der Waals surface area contributed by atoms with Crippen molar-refractivity contribution in [2.24, 2.45) is 0 Å². The maximum absolute atomic E-state index is 12.6. The van der Waals surface area contributed by atoms with Crippen LogP contribution in [0, 0.1) is 0 Å². The molecule has 42 heavy (non-hydrogen) atoms. The van der Waals surface area contributed by atoms with Crippen molar-refractivity contribution in [1.29, 1.82) is 0 Å². The lowest BCUT2D eigenvalue weighted by molar-refractivity contribution is -0.274. The fourth-order valence-electron chi connectivity index (χ4n) is 4.48. The first-order chi connectivity index (χ1) is 20.0. The summed E-state index contributed by atoms with van der Waals surface area (Å²) in [5.74, 6) is -1.67. The Morgan fingerprint density at radius 3 is 1.95 bits per heavy atom. The van der Waals surface area contributed by atoms with Gasteiger partial charge in [-0.2, -0.15) is 0 Å². The number of aliphatic carboxylic acids is 1. The molecular weight excluding hydrogens is 547 g/mol. The summed E-state index contributed by atoms with van der Waals surface area (Å²) in [5.41, 5.74) is 6.43. The molecule has 4 aromatic carbocycles. The molecule has 6 nitrogen and oxygen atoms in total. The second-order valence-corrected chi connectivity index (χ2v) is 9.67. The molecule has 0 aliphatic rings. The Balaban J connectivity index is 1.57. The standard InChI is InChI=1S/C33H28F3NO5/c1-21(38)23-8-10-25(11-9-23)30-17-14-27(24-12-15-29(16-13-24)42-33(34,35)36)20-28(30)7-4-22-2-5-26(6-3-22)32(41)37-19-18-31(39)40/h2-3,5-6,8-17,20H,4,7,18-19H2,1H3,(H,37,41)(H,39,40). The van der Waals surface area contributed by atoms with Crippen LogP contribution in [0.4, 0.5) is 13.2 Å². The van der Waals surface area contributed by atoms with Gasteiger partial charge in [-0.15, -0.1) is 13.2 Å². The molecule has 0 aromatic heterocycles. The Hall–Kier alpha value is -4.92. The molecule has 0 unspecified atom stereocenters. The Morgan fingerprint density at radius 1 is 0.762 bits per heavy atom. The number of aryl methyl sites for hydroxylation is 2. The van der Waals surface area contributed by atoms with E-state index in [0.717, 1.165) is 33.4 Å². The molecule has 0 radical (unpaired) electrons. The van der Waals surface area contributed by atoms with Crippen LogP contribution < -0.4 is 10.1 Å². The molecule has 1 amide bonds. The normalized spacial score (nSPS) is 11.1. The van der Waals surface area contributed by atoms with E-state index < -0.39 is 12.3 Å². The van der Waals surface area contributed by atoms with Crippen molar-refractivity contribution >= 4 is 17.7 Å². The number of carboxylic acids is 1. The number of carboxylic acid groups (broad SMARTS) is 1. The van der Waals surface area contributed by atoms with Gasteiger partial charge in [0, 0.05) is 17.7 Å². The lowest BCUT2D eigenvalue weighted by atomic mass is 9.91. The van der Waals surface area contributed by atoms with Crippen molar-refractivity contribution in [1.82, 2.24) is 5.32 Å². The second-order valence-electron chi connectivity index (χ2n) is 9.67. The fourth-order valence-corrected chi connectivity index (χ4v) is 4.48. The minimum absolute atomic E-state index is 0.0333. The van der Waals surface area contributed by atoms with E-state index in [-0.39, 0.29) is 30.4 Å². The first kappa shape index (κ1) is 30.0. The minimum Gasteiger partial charge on any atom is -0.481 e. The summed E-state index contributed by atoms with van der Waals surface area (Å²) >= 11 is 0. The van der Waals surface area contributed by atoms with Crippen LogP contribution >= 0.6 is 0 Å². The molecule has 0 atom stereocenters. The predicted molar refractivity (Wildman–Crippen MR) is 152 cm³/mol. The summed E-state index contributed by atoms with van der Waals surface area (Å²) in [5, 5.41) is 11.3. The van der Waals surface area contributed by atoms with Crippen LogP contribution in [0.5, 0.6) is 5.75 Å². The summed E-state index contributed by atoms with van der Waals surface area (Å²) in [4.78, 5) is 34.7. The number of alkyl halides is 3. The van der Waals surface area contributed by atoms with Gasteiger partial charge >= 0.3 is 12.3 Å². The first-order valence-corrected chi connectivity index (χ1v) is 13.2. The number of halogens is 3. The van der Waals surface area contributed by atoms with Crippen LogP contribution in [0.15, 0.2) is 91.0 Å². The molecule has 0 bridgehead atoms. The zero-order valence-electron chi connectivity index (χ0n) is 22.7. The number of amides is 1. The van der Waals surface area contributed by atoms with Crippen LogP contribution in [-0.2, 0) is 17.6 Å². The van der Waals surface area contributed by atoms with Crippen molar-refractivity contribution in [3.63, 3.8) is 0 Å². The largest absolute Gasteiger partial charge is 0.573 e. The van der Waals surface area contributed by atoms with E-state index in [1.807, 2.05) is 42.5 Å². The van der Waals surface area contributed by atoms with Gasteiger partial charge < -0.3 is 15.2 Å². The van der Waals surface area contributed by atoms with Gasteiger partial charge in [0.1, 0.15) is 5.75 Å². The number of Topliss-reactive ketones (excluding diaryl/α,β-unsaturated/α-hetero) is 1. The van der Waals surface area contributed by atoms with E-state index in [4.69, 9.17) is 5.11 Å². The molecular formula is C33H28F3NO5. The van der Waals surface area contributed by atoms with Crippen molar-refractivity contribution in [2.75, 3.05) is 6.54 Å². The molecule has 0 aliphatic heterocycles. The highest BCUT2D eigenvalue weighted by molar-refractivity contribution is 5.95. The summed E-state index contributed by atoms with van der Waals surface area (Å²) in [6.07, 6.45) is -3.66. The van der Waals surface area contributed by atoms with Crippen molar-refractivity contribution in [2.45, 2.75) is 32.5 Å². The number of carbonyl (C=O) groups excluding carboxylic acids is 2. The number of benzene rings is 4. The van der Waals surface area contributed by atoms with Crippen LogP contribution in [0.25, 0.3) is 22.3 Å². The molecule has 0 saturated heterocycles. The lowest BCUT2D eigenvalue weighted by Gasteiger charge is -2.14. The minimum atomic E-state index is -4.77. The van der Waals surface area contributed by atoms with Gasteiger partial charge in [0.2, 0.25) is 0 Å². The molecule has 4 rings (SSSR count). The van der Waals surface area contributed by atoms with Gasteiger partial charge in [0.15, 0.2) is 5.78 Å². The highest BCUT2D eigenvalue weighted by atomic mass is 19.4. The molecule has 0 aliphatic carbocycles. The zero-order valence-corrected chi connectivity index (χ0v) is 22.7. The number of hydrogen-bond acceptors (Lipinski definition) is 4. The Kier molecular flexibility index (Phi) is 9.42. The van der Waals surface area contributed by atoms with E-state index in [2.05, 4.69) is 10.1 Å². The van der Waals surface area contributed by atoms with E-state index >= 15 is 0 Å². The SMILES string of the molecule is CC(=O)c1ccc(-c2ccc(-c3ccc(OC(F)(F)F)cc3)cc2CCc2ccc(C(=O)NCCC(=O)O)cc2)cc1. The van der Waals surface area contributed by atoms with Gasteiger partial charge in [0.05, 0.1) is 6.42 Å². The summed E-state index contributed by atoms with van der Waals surface area (Å²) in [6, 6.07) is 25.9. The third kappa shape index (κ3) is 8.30. The fraction of sp³-hybridized carbons (Fsp3) is 0.182. The molecule has 0 heterocycles. The number of hydrogen-bond donors (Lipinski definition) is 2. The molecule has 0 saturated carbocycles. The highest BCUT2D eigenvalue weighted by Crippen LogP contribution is 2.32. The number of rotatable bonds is 11. The summed E-state index contributed by atoms with van der Waals surface area (Å²) in [6.45, 7) is 1.55. The quantitative estimate of drug-likeness (QED) is 0.186. The van der Waals surface area contributed by atoms with Gasteiger partial charge in [0.25, 0.3) is 5.91 Å². The Bertz CT molecular complexity index is 1560. The molecule has 2 N–H and O–H groups in total. The van der Waals surface area contributed by atoms with Crippen LogP contribution in [-0.4, -0.2) is 35.7 Å². The summed E-state index contributed by atoms with van der Waals surface area (Å²) in [7, 11) is 0. The molecule has 216 valence electrons. The smallest absolute Gasteiger partial charge is 0.481 e. The average Bonchev–Trinajstić information content (AvgIpc) is 2.95. The number of ketones is 1. The third-order valence-electron chi connectivity index (χ3n) is 6.65. The van der Waals surface area contributed by atoms with Crippen molar-refractivity contribution in [3.8, 4) is 28.0 Å². The van der Waals surface area contributed by atoms with E-state index in [9.17, 15) is 27.6 Å². The monoisotopic (exact) mass is 575 g/mol. The summed E-state index contributed by atoms with van der Waals surface area (Å²) < 4.78 is 41.7. The van der Waals surface area contributed by atoms with Crippen LogP contribution in [0.1, 0.15) is 45.2 Å². The Morgan fingerprint density at radius 2 is 1.36 bits per heavy atom. The molecule has 0 spiro atoms. The van der Waals surface area contributed by atoms with Gasteiger partial charge in [-0.25, -0.2) is 0 Å². The first-order valence-electron chi connectivity index (χ1n) is 13.2. The van der Waals surface area contributed by atoms with E-state index in [0.29, 0.717) is 24.0 Å². The maximum atomic E-state index is 12.6. The zero-order chi connectivity index (χ0) is 30.3. The number of nitrogens with one attached hydrogen (secondary N) is 1. The molecule has 4 aromatic rings. The van der Waals surface area contributed by atoms with Gasteiger partial charge in [-0.05, 0) is 77.4 Å². The number of ether oxygens (including phenoxy) is 1. The van der Waals surface area contributed by atoms with Crippen molar-refractivity contribution < 1.29 is 37.4 Å². The molecule has 9 heteroatoms. The second kappa shape index (κ2) is 13.2. The lowest BCUT2D eigenvalue weighted by Crippen LogP contribution is -2.25. The highest BCUT2D eigenvalue weighted by Gasteiger charge is 2.31. The molecule has 0 fully saturated rings. The van der Waals surface area contributed by atoms with Crippen LogP contribution in [0.2, 0.25) is 0 Å². The topological polar surface area (TPSA) is 92.7 Å². The van der Waals surface area contributed by atoms with E-state index in [1.165, 1.54) is 19.1 Å².